The van der Waals surface area contributed by atoms with Gasteiger partial charge in [-0.1, -0.05) is 0 Å². The molecule has 1 saturated heterocycles. The maximum Gasteiger partial charge on any atom is 0.343 e. The highest BCUT2D eigenvalue weighted by Gasteiger charge is 2.42. The molecule has 1 heterocycles. The van der Waals surface area contributed by atoms with Gasteiger partial charge < -0.3 is 20.1 Å². The molecule has 6 nitrogen and oxygen atoms in total. The molecule has 0 aromatic heterocycles. The molecule has 7 heteroatoms. The first kappa shape index (κ1) is 20.5. The quantitative estimate of drug-likeness (QED) is 0.806. The van der Waals surface area contributed by atoms with E-state index in [0.717, 1.165) is 37.1 Å². The van der Waals surface area contributed by atoms with Crippen LogP contribution in [0.3, 0.4) is 0 Å². The lowest BCUT2D eigenvalue weighted by Crippen LogP contribution is -2.33. The van der Waals surface area contributed by atoms with Crippen molar-refractivity contribution in [1.29, 1.82) is 0 Å². The molecule has 3 atom stereocenters. The number of carbonyl (C=O) groups is 2. The number of methoxy groups -OCH3 is 1. The summed E-state index contributed by atoms with van der Waals surface area (Å²) in [6.07, 6.45) is 2.19. The van der Waals surface area contributed by atoms with E-state index in [4.69, 9.17) is 10.5 Å². The maximum atomic E-state index is 12.9. The van der Waals surface area contributed by atoms with Crippen molar-refractivity contribution in [3.05, 3.63) is 28.8 Å². The van der Waals surface area contributed by atoms with Gasteiger partial charge in [-0.05, 0) is 61.8 Å². The van der Waals surface area contributed by atoms with Crippen LogP contribution in [0.4, 0.5) is 0 Å². The Morgan fingerprint density at radius 1 is 1.19 bits per heavy atom. The Balaban J connectivity index is 0.00000243. The van der Waals surface area contributed by atoms with Crippen LogP contribution >= 0.6 is 12.4 Å². The SMILES string of the molecule is COC(=O)COc1c(C)cc(C(=O)N2CC3CCC(N)C3C2)cc1C.Cl. The van der Waals surface area contributed by atoms with Crippen LogP contribution in [0.5, 0.6) is 5.75 Å². The van der Waals surface area contributed by atoms with Gasteiger partial charge in [0.1, 0.15) is 5.75 Å². The number of amides is 1. The van der Waals surface area contributed by atoms with Crippen LogP contribution in [-0.2, 0) is 9.53 Å². The third kappa shape index (κ3) is 3.96. The van der Waals surface area contributed by atoms with Gasteiger partial charge in [0, 0.05) is 24.7 Å². The standard InChI is InChI=1S/C19H26N2O4.ClH/c1-11-6-14(7-12(2)18(11)25-10-17(22)24-3)19(23)21-8-13-4-5-16(20)15(13)9-21;/h6-7,13,15-16H,4-5,8-10,20H2,1-3H3;1H. The second-order valence-electron chi connectivity index (χ2n) is 7.18. The minimum absolute atomic E-state index is 0. The molecule has 3 rings (SSSR count). The molecule has 1 aliphatic carbocycles. The fraction of sp³-hybridized carbons (Fsp3) is 0.579. The molecule has 0 radical (unpaired) electrons. The van der Waals surface area contributed by atoms with E-state index in [0.29, 0.717) is 23.1 Å². The Morgan fingerprint density at radius 3 is 2.42 bits per heavy atom. The summed E-state index contributed by atoms with van der Waals surface area (Å²) >= 11 is 0. The monoisotopic (exact) mass is 382 g/mol. The molecule has 0 spiro atoms. The lowest BCUT2D eigenvalue weighted by Gasteiger charge is -2.20. The van der Waals surface area contributed by atoms with E-state index in [1.807, 2.05) is 30.9 Å². The van der Waals surface area contributed by atoms with Crippen LogP contribution in [0.1, 0.15) is 34.3 Å². The van der Waals surface area contributed by atoms with E-state index in [2.05, 4.69) is 4.74 Å². The molecule has 1 saturated carbocycles. The van der Waals surface area contributed by atoms with Gasteiger partial charge in [0.15, 0.2) is 6.61 Å². The first-order valence-electron chi connectivity index (χ1n) is 8.76. The van der Waals surface area contributed by atoms with Crippen molar-refractivity contribution in [2.24, 2.45) is 17.6 Å². The number of likely N-dealkylation sites (tertiary alicyclic amines) is 1. The molecule has 2 fully saturated rings. The molecule has 1 aromatic rings. The van der Waals surface area contributed by atoms with Crippen molar-refractivity contribution in [2.45, 2.75) is 32.7 Å². The Hall–Kier alpha value is -1.79. The number of hydrogen-bond donors (Lipinski definition) is 1. The minimum atomic E-state index is -0.432. The number of hydrogen-bond acceptors (Lipinski definition) is 5. The summed E-state index contributed by atoms with van der Waals surface area (Å²) in [5.41, 5.74) is 8.50. The number of nitrogens with two attached hydrogens (primary N) is 1. The number of rotatable bonds is 4. The second-order valence-corrected chi connectivity index (χ2v) is 7.18. The van der Waals surface area contributed by atoms with E-state index in [1.54, 1.807) is 0 Å². The van der Waals surface area contributed by atoms with Crippen molar-refractivity contribution >= 4 is 24.3 Å². The highest BCUT2D eigenvalue weighted by Crippen LogP contribution is 2.38. The summed E-state index contributed by atoms with van der Waals surface area (Å²) in [4.78, 5) is 26.1. The summed E-state index contributed by atoms with van der Waals surface area (Å²) in [5.74, 6) is 1.23. The van der Waals surface area contributed by atoms with E-state index in [9.17, 15) is 9.59 Å². The smallest absolute Gasteiger partial charge is 0.343 e. The number of aryl methyl sites for hydroxylation is 2. The van der Waals surface area contributed by atoms with Gasteiger partial charge in [-0.2, -0.15) is 0 Å². The molecular weight excluding hydrogens is 356 g/mol. The maximum absolute atomic E-state index is 12.9. The molecule has 26 heavy (non-hydrogen) atoms. The van der Waals surface area contributed by atoms with Gasteiger partial charge in [-0.25, -0.2) is 4.79 Å². The number of esters is 1. The zero-order valence-corrected chi connectivity index (χ0v) is 16.3. The fourth-order valence-electron chi connectivity index (χ4n) is 4.15. The van der Waals surface area contributed by atoms with Gasteiger partial charge in [-0.3, -0.25) is 4.79 Å². The van der Waals surface area contributed by atoms with E-state index < -0.39 is 5.97 Å². The van der Waals surface area contributed by atoms with Crippen LogP contribution in [0.25, 0.3) is 0 Å². The summed E-state index contributed by atoms with van der Waals surface area (Å²) in [6.45, 7) is 5.17. The zero-order valence-electron chi connectivity index (χ0n) is 15.5. The predicted octanol–water partition coefficient (Wildman–Crippen LogP) is 2.09. The number of nitrogens with zero attached hydrogens (tertiary/aromatic N) is 1. The normalized spacial score (nSPS) is 24.0. The highest BCUT2D eigenvalue weighted by molar-refractivity contribution is 5.95. The molecule has 1 aromatic carbocycles. The van der Waals surface area contributed by atoms with Gasteiger partial charge in [-0.15, -0.1) is 12.4 Å². The van der Waals surface area contributed by atoms with Gasteiger partial charge in [0.2, 0.25) is 0 Å². The molecule has 1 aliphatic heterocycles. The summed E-state index contributed by atoms with van der Waals surface area (Å²) in [6, 6.07) is 3.88. The number of ether oxygens (including phenoxy) is 2. The molecular formula is C19H27ClN2O4. The number of benzene rings is 1. The van der Waals surface area contributed by atoms with Crippen LogP contribution in [0.15, 0.2) is 12.1 Å². The van der Waals surface area contributed by atoms with Crippen molar-refractivity contribution in [3.63, 3.8) is 0 Å². The first-order valence-corrected chi connectivity index (χ1v) is 8.76. The predicted molar refractivity (Wildman–Crippen MR) is 101 cm³/mol. The Bertz CT molecular complexity index is 671. The zero-order chi connectivity index (χ0) is 18.1. The van der Waals surface area contributed by atoms with E-state index in [1.165, 1.54) is 7.11 Å². The van der Waals surface area contributed by atoms with Crippen LogP contribution in [0.2, 0.25) is 0 Å². The molecule has 2 N–H and O–H groups in total. The minimum Gasteiger partial charge on any atom is -0.481 e. The van der Waals surface area contributed by atoms with Gasteiger partial charge in [0.05, 0.1) is 7.11 Å². The lowest BCUT2D eigenvalue weighted by molar-refractivity contribution is -0.142. The van der Waals surface area contributed by atoms with E-state index >= 15 is 0 Å². The Kier molecular flexibility index (Phi) is 6.53. The second kappa shape index (κ2) is 8.27. The van der Waals surface area contributed by atoms with Crippen molar-refractivity contribution < 1.29 is 19.1 Å². The largest absolute Gasteiger partial charge is 0.481 e. The van der Waals surface area contributed by atoms with Crippen molar-refractivity contribution in [1.82, 2.24) is 4.90 Å². The first-order chi connectivity index (χ1) is 11.9. The van der Waals surface area contributed by atoms with Gasteiger partial charge in [0.25, 0.3) is 5.91 Å². The van der Waals surface area contributed by atoms with Gasteiger partial charge >= 0.3 is 5.97 Å². The number of halogens is 1. The molecule has 3 unspecified atom stereocenters. The average molecular weight is 383 g/mol. The fourth-order valence-corrected chi connectivity index (χ4v) is 4.15. The Morgan fingerprint density at radius 2 is 1.85 bits per heavy atom. The van der Waals surface area contributed by atoms with E-state index in [-0.39, 0.29) is 31.0 Å². The summed E-state index contributed by atoms with van der Waals surface area (Å²) in [7, 11) is 1.32. The molecule has 144 valence electrons. The lowest BCUT2D eigenvalue weighted by atomic mass is 9.98. The molecule has 2 aliphatic rings. The highest BCUT2D eigenvalue weighted by atomic mass is 35.5. The Labute approximate surface area is 160 Å². The average Bonchev–Trinajstić information content (AvgIpc) is 3.15. The topological polar surface area (TPSA) is 81.9 Å². The number of carbonyl (C=O) groups excluding carboxylic acids is 2. The molecule has 0 bridgehead atoms. The van der Waals surface area contributed by atoms with Crippen molar-refractivity contribution in [2.75, 3.05) is 26.8 Å². The number of fused-ring (bicyclic) bond motifs is 1. The summed E-state index contributed by atoms with van der Waals surface area (Å²) in [5, 5.41) is 0. The van der Waals surface area contributed by atoms with Crippen molar-refractivity contribution in [3.8, 4) is 5.75 Å². The third-order valence-corrected chi connectivity index (χ3v) is 5.47. The summed E-state index contributed by atoms with van der Waals surface area (Å²) < 4.78 is 10.1. The molecule has 1 amide bonds. The third-order valence-electron chi connectivity index (χ3n) is 5.47. The van der Waals surface area contributed by atoms with Crippen LogP contribution in [-0.4, -0.2) is 49.6 Å². The van der Waals surface area contributed by atoms with Crippen LogP contribution < -0.4 is 10.5 Å². The van der Waals surface area contributed by atoms with Crippen LogP contribution in [0, 0.1) is 25.7 Å².